The van der Waals surface area contributed by atoms with E-state index < -0.39 is 0 Å². The number of benzene rings is 1. The summed E-state index contributed by atoms with van der Waals surface area (Å²) in [5, 5.41) is 4.37. The van der Waals surface area contributed by atoms with Gasteiger partial charge in [-0.25, -0.2) is 0 Å². The van der Waals surface area contributed by atoms with Crippen LogP contribution in [0.2, 0.25) is 0 Å². The van der Waals surface area contributed by atoms with Crippen LogP contribution in [0.3, 0.4) is 0 Å². The molecule has 1 unspecified atom stereocenters. The van der Waals surface area contributed by atoms with Gasteiger partial charge in [0.1, 0.15) is 12.5 Å². The molecule has 0 amide bonds. The Morgan fingerprint density at radius 3 is 3.00 bits per heavy atom. The van der Waals surface area contributed by atoms with Crippen molar-refractivity contribution in [3.8, 4) is 0 Å². The molecule has 4 heteroatoms. The van der Waals surface area contributed by atoms with E-state index in [0.717, 1.165) is 32.0 Å². The van der Waals surface area contributed by atoms with Crippen molar-refractivity contribution in [3.63, 3.8) is 0 Å². The van der Waals surface area contributed by atoms with E-state index in [0.29, 0.717) is 6.10 Å². The average molecular weight is 231 g/mol. The van der Waals surface area contributed by atoms with Gasteiger partial charge in [0.2, 0.25) is 0 Å². The third kappa shape index (κ3) is 2.26. The topological polar surface area (TPSA) is 36.9 Å². The predicted molar refractivity (Wildman–Crippen MR) is 67.9 cm³/mol. The molecule has 1 fully saturated rings. The molecule has 1 N–H and O–H groups in total. The van der Waals surface area contributed by atoms with Crippen LogP contribution in [0, 0.1) is 0 Å². The number of rotatable bonds is 3. The van der Waals surface area contributed by atoms with Crippen molar-refractivity contribution in [2.45, 2.75) is 25.4 Å². The summed E-state index contributed by atoms with van der Waals surface area (Å²) >= 11 is 0. The first-order valence-electron chi connectivity index (χ1n) is 6.17. The van der Waals surface area contributed by atoms with Crippen LogP contribution in [0.4, 0.5) is 5.69 Å². The molecule has 0 aliphatic carbocycles. The summed E-state index contributed by atoms with van der Waals surface area (Å²) in [6, 6.07) is 10.4. The van der Waals surface area contributed by atoms with Gasteiger partial charge >= 0.3 is 0 Å². The molecule has 3 rings (SSSR count). The normalized spacial score (nSPS) is 23.6. The fraction of sp³-hybridized carbons (Fsp3) is 0.462. The summed E-state index contributed by atoms with van der Waals surface area (Å²) in [5.41, 5.74) is 4.24. The SMILES string of the molecule is c1ccc(N2CNN=C2CC2CCCO2)cc1. The molecular formula is C13H17N3O. The molecule has 0 aromatic heterocycles. The van der Waals surface area contributed by atoms with Gasteiger partial charge in [0, 0.05) is 18.7 Å². The minimum atomic E-state index is 0.347. The number of nitrogens with one attached hydrogen (secondary N) is 1. The van der Waals surface area contributed by atoms with E-state index in [-0.39, 0.29) is 0 Å². The standard InChI is InChI=1S/C13H17N3O/c1-2-5-11(6-3-1)16-10-14-15-13(16)9-12-7-4-8-17-12/h1-3,5-6,12,14H,4,7-10H2. The van der Waals surface area contributed by atoms with Gasteiger partial charge in [-0.2, -0.15) is 5.10 Å². The van der Waals surface area contributed by atoms with E-state index in [4.69, 9.17) is 4.74 Å². The molecule has 0 bridgehead atoms. The average Bonchev–Trinajstić information content (AvgIpc) is 3.02. The van der Waals surface area contributed by atoms with Gasteiger partial charge in [-0.15, -0.1) is 0 Å². The van der Waals surface area contributed by atoms with Crippen molar-refractivity contribution in [1.29, 1.82) is 0 Å². The fourth-order valence-corrected chi connectivity index (χ4v) is 2.36. The van der Waals surface area contributed by atoms with Crippen LogP contribution in [0.15, 0.2) is 35.4 Å². The quantitative estimate of drug-likeness (QED) is 0.863. The molecule has 1 aromatic rings. The van der Waals surface area contributed by atoms with E-state index in [1.165, 1.54) is 12.1 Å². The third-order valence-electron chi connectivity index (χ3n) is 3.25. The Kier molecular flexibility index (Phi) is 2.96. The lowest BCUT2D eigenvalue weighted by atomic mass is 10.1. The van der Waals surface area contributed by atoms with Gasteiger partial charge in [0.25, 0.3) is 0 Å². The minimum absolute atomic E-state index is 0.347. The number of hydrogen-bond acceptors (Lipinski definition) is 4. The summed E-state index contributed by atoms with van der Waals surface area (Å²) in [7, 11) is 0. The number of hydrazone groups is 1. The highest BCUT2D eigenvalue weighted by atomic mass is 16.5. The maximum absolute atomic E-state index is 5.66. The van der Waals surface area contributed by atoms with Crippen molar-refractivity contribution >= 4 is 11.5 Å². The molecule has 2 heterocycles. The highest BCUT2D eigenvalue weighted by molar-refractivity contribution is 5.99. The van der Waals surface area contributed by atoms with E-state index in [9.17, 15) is 0 Å². The Balaban J connectivity index is 1.71. The van der Waals surface area contributed by atoms with E-state index in [1.807, 2.05) is 6.07 Å². The van der Waals surface area contributed by atoms with Gasteiger partial charge in [0.05, 0.1) is 6.10 Å². The van der Waals surface area contributed by atoms with Crippen LogP contribution >= 0.6 is 0 Å². The second kappa shape index (κ2) is 4.75. The lowest BCUT2D eigenvalue weighted by Crippen LogP contribution is -2.31. The van der Waals surface area contributed by atoms with Crippen LogP contribution in [0.1, 0.15) is 19.3 Å². The van der Waals surface area contributed by atoms with E-state index in [1.54, 1.807) is 0 Å². The second-order valence-electron chi connectivity index (χ2n) is 4.45. The van der Waals surface area contributed by atoms with Crippen molar-refractivity contribution in [2.75, 3.05) is 18.2 Å². The zero-order valence-corrected chi connectivity index (χ0v) is 9.80. The lowest BCUT2D eigenvalue weighted by Gasteiger charge is -2.20. The molecule has 2 aliphatic heterocycles. The van der Waals surface area contributed by atoms with E-state index in [2.05, 4.69) is 39.7 Å². The monoisotopic (exact) mass is 231 g/mol. The number of hydrogen-bond donors (Lipinski definition) is 1. The highest BCUT2D eigenvalue weighted by Gasteiger charge is 2.24. The number of ether oxygens (including phenoxy) is 1. The Morgan fingerprint density at radius 1 is 1.35 bits per heavy atom. The Morgan fingerprint density at radius 2 is 2.24 bits per heavy atom. The first-order chi connectivity index (χ1) is 8.43. The van der Waals surface area contributed by atoms with Gasteiger partial charge in [0.15, 0.2) is 0 Å². The molecule has 17 heavy (non-hydrogen) atoms. The molecule has 0 saturated carbocycles. The van der Waals surface area contributed by atoms with Gasteiger partial charge in [-0.05, 0) is 25.0 Å². The summed E-state index contributed by atoms with van der Waals surface area (Å²) in [5.74, 6) is 1.09. The van der Waals surface area contributed by atoms with Gasteiger partial charge < -0.3 is 9.64 Å². The number of nitrogens with zero attached hydrogens (tertiary/aromatic N) is 2. The molecule has 0 spiro atoms. The molecule has 0 radical (unpaired) electrons. The van der Waals surface area contributed by atoms with Gasteiger partial charge in [-0.3, -0.25) is 5.43 Å². The lowest BCUT2D eigenvalue weighted by molar-refractivity contribution is 0.116. The zero-order chi connectivity index (χ0) is 11.5. The second-order valence-corrected chi connectivity index (χ2v) is 4.45. The first-order valence-corrected chi connectivity index (χ1v) is 6.17. The largest absolute Gasteiger partial charge is 0.378 e. The summed E-state index contributed by atoms with van der Waals surface area (Å²) in [6.45, 7) is 1.66. The summed E-state index contributed by atoms with van der Waals surface area (Å²) in [6.07, 6.45) is 3.58. The summed E-state index contributed by atoms with van der Waals surface area (Å²) < 4.78 is 5.66. The Labute approximate surface area is 101 Å². The molecule has 1 aromatic carbocycles. The molecule has 1 atom stereocenters. The zero-order valence-electron chi connectivity index (χ0n) is 9.80. The molecule has 1 saturated heterocycles. The number of amidine groups is 1. The van der Waals surface area contributed by atoms with Crippen molar-refractivity contribution < 1.29 is 4.74 Å². The molecule has 90 valence electrons. The fourth-order valence-electron chi connectivity index (χ4n) is 2.36. The maximum atomic E-state index is 5.66. The van der Waals surface area contributed by atoms with Crippen molar-refractivity contribution in [2.24, 2.45) is 5.10 Å². The molecular weight excluding hydrogens is 214 g/mol. The van der Waals surface area contributed by atoms with Crippen LogP contribution in [0.25, 0.3) is 0 Å². The first kappa shape index (κ1) is 10.6. The third-order valence-corrected chi connectivity index (χ3v) is 3.25. The Hall–Kier alpha value is -1.55. The summed E-state index contributed by atoms with van der Waals surface area (Å²) in [4.78, 5) is 2.21. The van der Waals surface area contributed by atoms with Crippen LogP contribution < -0.4 is 10.3 Å². The number of anilines is 1. The molecule has 2 aliphatic rings. The van der Waals surface area contributed by atoms with E-state index >= 15 is 0 Å². The molecule has 4 nitrogen and oxygen atoms in total. The van der Waals surface area contributed by atoms with Crippen molar-refractivity contribution in [1.82, 2.24) is 5.43 Å². The maximum Gasteiger partial charge on any atom is 0.133 e. The highest BCUT2D eigenvalue weighted by Crippen LogP contribution is 2.21. The van der Waals surface area contributed by atoms with Crippen LogP contribution in [-0.2, 0) is 4.74 Å². The smallest absolute Gasteiger partial charge is 0.133 e. The van der Waals surface area contributed by atoms with Crippen LogP contribution in [-0.4, -0.2) is 25.2 Å². The van der Waals surface area contributed by atoms with Crippen LogP contribution in [0.5, 0.6) is 0 Å². The van der Waals surface area contributed by atoms with Gasteiger partial charge in [-0.1, -0.05) is 18.2 Å². The predicted octanol–water partition coefficient (Wildman–Crippen LogP) is 1.94. The Bertz CT molecular complexity index is 398. The minimum Gasteiger partial charge on any atom is -0.378 e. The van der Waals surface area contributed by atoms with Crippen molar-refractivity contribution in [3.05, 3.63) is 30.3 Å². The number of para-hydroxylation sites is 1.